The first-order valence-corrected chi connectivity index (χ1v) is 8.02. The standard InChI is InChI=1S/C16H29N3O2/c1-6-15(5,17)13-18-12(19-21-13)16(20-7-2)10-8-14(3,4)9-11-16/h6-11,17H2,1-5H3. The number of nitrogens with zero attached hydrogens (tertiary/aromatic N) is 2. The molecule has 0 bridgehead atoms. The fourth-order valence-electron chi connectivity index (χ4n) is 2.83. The highest BCUT2D eigenvalue weighted by Gasteiger charge is 2.44. The van der Waals surface area contributed by atoms with E-state index in [2.05, 4.69) is 24.0 Å². The molecular weight excluding hydrogens is 266 g/mol. The predicted octanol–water partition coefficient (Wildman–Crippen LogP) is 3.49. The highest BCUT2D eigenvalue weighted by atomic mass is 16.5. The van der Waals surface area contributed by atoms with Gasteiger partial charge in [0, 0.05) is 6.61 Å². The van der Waals surface area contributed by atoms with E-state index in [1.165, 1.54) is 0 Å². The molecule has 2 rings (SSSR count). The Kier molecular flexibility index (Phi) is 4.45. The first-order chi connectivity index (χ1) is 9.75. The van der Waals surface area contributed by atoms with Crippen LogP contribution in [0.25, 0.3) is 0 Å². The summed E-state index contributed by atoms with van der Waals surface area (Å²) in [5.41, 5.74) is 5.58. The number of rotatable bonds is 5. The van der Waals surface area contributed by atoms with Gasteiger partial charge in [0.2, 0.25) is 11.7 Å². The summed E-state index contributed by atoms with van der Waals surface area (Å²) in [5, 5.41) is 4.20. The third-order valence-electron chi connectivity index (χ3n) is 4.89. The van der Waals surface area contributed by atoms with Crippen LogP contribution in [0.15, 0.2) is 4.52 Å². The molecule has 0 radical (unpaired) electrons. The van der Waals surface area contributed by atoms with Crippen LogP contribution in [0.3, 0.4) is 0 Å². The topological polar surface area (TPSA) is 74.2 Å². The minimum absolute atomic E-state index is 0.360. The Labute approximate surface area is 127 Å². The lowest BCUT2D eigenvalue weighted by Crippen LogP contribution is -2.38. The maximum Gasteiger partial charge on any atom is 0.246 e. The van der Waals surface area contributed by atoms with Gasteiger partial charge in [-0.1, -0.05) is 25.9 Å². The molecule has 120 valence electrons. The summed E-state index contributed by atoms with van der Waals surface area (Å²) < 4.78 is 11.5. The monoisotopic (exact) mass is 295 g/mol. The van der Waals surface area contributed by atoms with E-state index in [-0.39, 0.29) is 0 Å². The molecule has 5 nitrogen and oxygen atoms in total. The molecule has 21 heavy (non-hydrogen) atoms. The first-order valence-electron chi connectivity index (χ1n) is 8.02. The summed E-state index contributed by atoms with van der Waals surface area (Å²) in [6.07, 6.45) is 4.82. The van der Waals surface area contributed by atoms with Crippen molar-refractivity contribution in [3.05, 3.63) is 11.7 Å². The zero-order chi connectivity index (χ0) is 15.7. The van der Waals surface area contributed by atoms with Crippen molar-refractivity contribution in [2.24, 2.45) is 11.1 Å². The zero-order valence-corrected chi connectivity index (χ0v) is 14.0. The molecule has 1 fully saturated rings. The van der Waals surface area contributed by atoms with Gasteiger partial charge in [0.05, 0.1) is 5.54 Å². The van der Waals surface area contributed by atoms with E-state index in [9.17, 15) is 0 Å². The van der Waals surface area contributed by atoms with Crippen LogP contribution in [0.2, 0.25) is 0 Å². The van der Waals surface area contributed by atoms with Gasteiger partial charge in [-0.15, -0.1) is 0 Å². The Hall–Kier alpha value is -0.940. The van der Waals surface area contributed by atoms with E-state index in [0.717, 1.165) is 32.1 Å². The van der Waals surface area contributed by atoms with Crippen molar-refractivity contribution < 1.29 is 9.26 Å². The molecule has 1 saturated carbocycles. The Bertz CT molecular complexity index is 470. The molecule has 0 saturated heterocycles. The van der Waals surface area contributed by atoms with Gasteiger partial charge in [0.15, 0.2) is 0 Å². The number of nitrogens with two attached hydrogens (primary N) is 1. The van der Waals surface area contributed by atoms with Gasteiger partial charge >= 0.3 is 0 Å². The van der Waals surface area contributed by atoms with Crippen molar-refractivity contribution in [3.8, 4) is 0 Å². The van der Waals surface area contributed by atoms with Crippen molar-refractivity contribution in [3.63, 3.8) is 0 Å². The molecule has 1 aromatic heterocycles. The van der Waals surface area contributed by atoms with Crippen molar-refractivity contribution >= 4 is 0 Å². The second-order valence-electron chi connectivity index (χ2n) is 7.29. The van der Waals surface area contributed by atoms with Gasteiger partial charge in [0.25, 0.3) is 0 Å². The summed E-state index contributed by atoms with van der Waals surface area (Å²) in [5.74, 6) is 1.17. The predicted molar refractivity (Wildman–Crippen MR) is 81.7 cm³/mol. The number of ether oxygens (including phenoxy) is 1. The minimum Gasteiger partial charge on any atom is -0.367 e. The minimum atomic E-state index is -0.577. The molecule has 5 heteroatoms. The van der Waals surface area contributed by atoms with Crippen LogP contribution in [-0.4, -0.2) is 16.7 Å². The van der Waals surface area contributed by atoms with Gasteiger partial charge in [0.1, 0.15) is 5.60 Å². The van der Waals surface area contributed by atoms with Gasteiger partial charge < -0.3 is 15.0 Å². The maximum atomic E-state index is 6.20. The SMILES string of the molecule is CCOC1(c2noc(C(C)(N)CC)n2)CCC(C)(C)CC1. The van der Waals surface area contributed by atoms with Crippen molar-refractivity contribution in [2.45, 2.75) is 77.9 Å². The molecular formula is C16H29N3O2. The smallest absolute Gasteiger partial charge is 0.246 e. The van der Waals surface area contributed by atoms with E-state index in [4.69, 9.17) is 15.0 Å². The van der Waals surface area contributed by atoms with Crippen molar-refractivity contribution in [1.82, 2.24) is 10.1 Å². The molecule has 0 amide bonds. The Balaban J connectivity index is 2.28. The summed E-state index contributed by atoms with van der Waals surface area (Å²) in [7, 11) is 0. The van der Waals surface area contributed by atoms with E-state index >= 15 is 0 Å². The fraction of sp³-hybridized carbons (Fsp3) is 0.875. The van der Waals surface area contributed by atoms with Crippen LogP contribution in [0, 0.1) is 5.41 Å². The van der Waals surface area contributed by atoms with Gasteiger partial charge in [-0.3, -0.25) is 0 Å². The van der Waals surface area contributed by atoms with Crippen LogP contribution in [0.1, 0.15) is 78.4 Å². The number of hydrogen-bond donors (Lipinski definition) is 1. The average Bonchev–Trinajstić information content (AvgIpc) is 2.93. The van der Waals surface area contributed by atoms with E-state index in [1.54, 1.807) is 0 Å². The molecule has 0 spiro atoms. The Morgan fingerprint density at radius 2 is 1.86 bits per heavy atom. The molecule has 1 aliphatic rings. The molecule has 1 aromatic rings. The number of aromatic nitrogens is 2. The second kappa shape index (κ2) is 5.69. The van der Waals surface area contributed by atoms with Crippen LogP contribution in [0.4, 0.5) is 0 Å². The summed E-state index contributed by atoms with van der Waals surface area (Å²) in [4.78, 5) is 4.59. The average molecular weight is 295 g/mol. The molecule has 1 atom stereocenters. The summed E-state index contributed by atoms with van der Waals surface area (Å²) in [6, 6.07) is 0. The molecule has 1 aliphatic carbocycles. The highest BCUT2D eigenvalue weighted by molar-refractivity contribution is 5.08. The maximum absolute atomic E-state index is 6.20. The molecule has 2 N–H and O–H groups in total. The van der Waals surface area contributed by atoms with E-state index in [1.807, 2.05) is 20.8 Å². The normalized spacial score (nSPS) is 23.7. The largest absolute Gasteiger partial charge is 0.367 e. The van der Waals surface area contributed by atoms with E-state index < -0.39 is 11.1 Å². The molecule has 0 aromatic carbocycles. The Morgan fingerprint density at radius 1 is 1.24 bits per heavy atom. The van der Waals surface area contributed by atoms with E-state index in [0.29, 0.717) is 23.7 Å². The summed E-state index contributed by atoms with van der Waals surface area (Å²) in [6.45, 7) is 11.2. The van der Waals surface area contributed by atoms with Crippen LogP contribution >= 0.6 is 0 Å². The Morgan fingerprint density at radius 3 is 2.38 bits per heavy atom. The van der Waals surface area contributed by atoms with Crippen LogP contribution in [-0.2, 0) is 15.9 Å². The van der Waals surface area contributed by atoms with Gasteiger partial charge in [-0.25, -0.2) is 0 Å². The quantitative estimate of drug-likeness (QED) is 0.900. The third kappa shape index (κ3) is 3.29. The van der Waals surface area contributed by atoms with Crippen molar-refractivity contribution in [1.29, 1.82) is 0 Å². The highest BCUT2D eigenvalue weighted by Crippen LogP contribution is 2.46. The lowest BCUT2D eigenvalue weighted by molar-refractivity contribution is -0.0957. The third-order valence-corrected chi connectivity index (χ3v) is 4.89. The molecule has 0 aliphatic heterocycles. The second-order valence-corrected chi connectivity index (χ2v) is 7.29. The van der Waals surface area contributed by atoms with Crippen molar-refractivity contribution in [2.75, 3.05) is 6.61 Å². The summed E-state index contributed by atoms with van der Waals surface area (Å²) >= 11 is 0. The van der Waals surface area contributed by atoms with Crippen LogP contribution in [0.5, 0.6) is 0 Å². The van der Waals surface area contributed by atoms with Gasteiger partial charge in [-0.05, 0) is 51.4 Å². The fourth-order valence-corrected chi connectivity index (χ4v) is 2.83. The first kappa shape index (κ1) is 16.4. The lowest BCUT2D eigenvalue weighted by Gasteiger charge is -2.41. The lowest BCUT2D eigenvalue weighted by atomic mass is 9.70. The molecule has 1 heterocycles. The number of hydrogen-bond acceptors (Lipinski definition) is 5. The van der Waals surface area contributed by atoms with Crippen LogP contribution < -0.4 is 5.73 Å². The van der Waals surface area contributed by atoms with Gasteiger partial charge in [-0.2, -0.15) is 4.98 Å². The molecule has 1 unspecified atom stereocenters. The zero-order valence-electron chi connectivity index (χ0n) is 14.0.